The molecule has 0 amide bonds. The average molecular weight is 262 g/mol. The van der Waals surface area contributed by atoms with Gasteiger partial charge in [-0.2, -0.15) is 9.90 Å². The van der Waals surface area contributed by atoms with E-state index in [-0.39, 0.29) is 9.90 Å². The summed E-state index contributed by atoms with van der Waals surface area (Å²) >= 11 is 7.21. The zero-order chi connectivity index (χ0) is 9.00. The molecule has 0 aromatic heterocycles. The van der Waals surface area contributed by atoms with Gasteiger partial charge in [-0.05, 0) is 23.6 Å². The maximum absolute atomic E-state index is 7.56. The Morgan fingerprint density at radius 1 is 0.636 bits per heavy atom. The lowest BCUT2D eigenvalue weighted by Gasteiger charge is -1.88. The van der Waals surface area contributed by atoms with Gasteiger partial charge in [0.05, 0.1) is 0 Å². The van der Waals surface area contributed by atoms with E-state index in [0.717, 1.165) is 0 Å². The maximum atomic E-state index is 7.56. The molecule has 0 aromatic rings. The van der Waals surface area contributed by atoms with E-state index in [9.17, 15) is 0 Å². The molecular formula is H9O6P3S2. The van der Waals surface area contributed by atoms with Crippen molar-refractivity contribution >= 4 is 46.9 Å². The van der Waals surface area contributed by atoms with Crippen LogP contribution in [0.1, 0.15) is 0 Å². The van der Waals surface area contributed by atoms with Crippen LogP contribution in [0.5, 0.6) is 0 Å². The van der Waals surface area contributed by atoms with Crippen molar-refractivity contribution in [1.29, 1.82) is 0 Å². The average Bonchev–Trinajstić information content (AvgIpc) is 1.12. The van der Waals surface area contributed by atoms with E-state index in [1.165, 1.54) is 0 Å². The molecule has 0 saturated heterocycles. The molecule has 1 unspecified atom stereocenters. The van der Waals surface area contributed by atoms with Gasteiger partial charge < -0.3 is 29.4 Å². The van der Waals surface area contributed by atoms with Crippen molar-refractivity contribution < 1.29 is 29.4 Å². The van der Waals surface area contributed by atoms with Gasteiger partial charge in [0.15, 0.2) is 0 Å². The highest BCUT2D eigenvalue weighted by Crippen LogP contribution is 2.26. The number of hydrogen-bond donors (Lipinski definition) is 6. The van der Waals surface area contributed by atoms with Crippen LogP contribution in [0.15, 0.2) is 0 Å². The molecule has 11 heavy (non-hydrogen) atoms. The Hall–Kier alpha value is 1.49. The predicted octanol–water partition coefficient (Wildman–Crippen LogP) is -1.57. The van der Waals surface area contributed by atoms with E-state index in [4.69, 9.17) is 29.4 Å². The van der Waals surface area contributed by atoms with Gasteiger partial charge in [-0.15, -0.1) is 0 Å². The van der Waals surface area contributed by atoms with Crippen molar-refractivity contribution in [1.82, 2.24) is 0 Å². The van der Waals surface area contributed by atoms with Crippen LogP contribution < -0.4 is 0 Å². The van der Waals surface area contributed by atoms with E-state index in [0.29, 0.717) is 0 Å². The summed E-state index contributed by atoms with van der Waals surface area (Å²) in [6, 6.07) is 0. The Morgan fingerprint density at radius 2 is 0.636 bits per heavy atom. The molecule has 0 heterocycles. The van der Waals surface area contributed by atoms with Gasteiger partial charge in [-0.25, -0.2) is 0 Å². The lowest BCUT2D eigenvalue weighted by Crippen LogP contribution is -1.65. The molecule has 0 bridgehead atoms. The highest BCUT2D eigenvalue weighted by Gasteiger charge is 1.92. The first-order valence-electron chi connectivity index (χ1n) is 1.57. The van der Waals surface area contributed by atoms with Gasteiger partial charge in [0.25, 0.3) is 0 Å². The van der Waals surface area contributed by atoms with Crippen LogP contribution in [0.2, 0.25) is 0 Å². The fourth-order valence-corrected chi connectivity index (χ4v) is 0. The van der Waals surface area contributed by atoms with Gasteiger partial charge in [0.2, 0.25) is 0 Å². The van der Waals surface area contributed by atoms with Crippen molar-refractivity contribution in [3.8, 4) is 0 Å². The normalized spacial score (nSPS) is 10.7. The van der Waals surface area contributed by atoms with Crippen LogP contribution in [-0.2, 0) is 23.6 Å². The first-order chi connectivity index (χ1) is 4.00. The van der Waals surface area contributed by atoms with Gasteiger partial charge in [-0.3, -0.25) is 0 Å². The predicted molar refractivity (Wildman–Crippen MR) is 53.0 cm³/mol. The Kier molecular flexibility index (Phi) is 11.6. The summed E-state index contributed by atoms with van der Waals surface area (Å²) in [6.07, 6.45) is 0. The van der Waals surface area contributed by atoms with Crippen LogP contribution in [0.3, 0.4) is 0 Å². The van der Waals surface area contributed by atoms with E-state index in [1.807, 2.05) is 0 Å². The fourth-order valence-electron chi connectivity index (χ4n) is 0. The molecule has 6 nitrogen and oxygen atoms in total. The van der Waals surface area contributed by atoms with Crippen molar-refractivity contribution in [2.45, 2.75) is 0 Å². The third-order valence-corrected chi connectivity index (χ3v) is 0. The summed E-state index contributed by atoms with van der Waals surface area (Å²) in [5.41, 5.74) is 0. The number of hydrogen-bond acceptors (Lipinski definition) is 2. The van der Waals surface area contributed by atoms with Gasteiger partial charge in [0, 0.05) is 0 Å². The summed E-state index contributed by atoms with van der Waals surface area (Å²) < 4.78 is 0. The van der Waals surface area contributed by atoms with Crippen LogP contribution in [0.25, 0.3) is 0 Å². The maximum Gasteiger partial charge on any atom is 0.319 e. The number of rotatable bonds is 0. The van der Waals surface area contributed by atoms with Gasteiger partial charge in [-0.1, -0.05) is 0 Å². The molecule has 1 atom stereocenters. The van der Waals surface area contributed by atoms with Gasteiger partial charge >= 0.3 is 13.4 Å². The first kappa shape index (κ1) is 18.3. The summed E-state index contributed by atoms with van der Waals surface area (Å²) in [6.45, 7) is -7.61. The molecular weight excluding hydrogens is 253 g/mol. The third kappa shape index (κ3) is 466. The smallest absolute Gasteiger partial charge is 0.319 e. The van der Waals surface area contributed by atoms with Crippen LogP contribution in [-0.4, -0.2) is 29.4 Å². The lowest BCUT2D eigenvalue weighted by molar-refractivity contribution is 0.361. The Bertz CT molecular complexity index is 128. The molecule has 0 spiro atoms. The van der Waals surface area contributed by atoms with Crippen LogP contribution in [0, 0.1) is 0 Å². The Balaban J connectivity index is -0.000000107. The molecule has 0 rings (SSSR count). The topological polar surface area (TPSA) is 121 Å². The largest absolute Gasteiger partial charge is 0.325 e. The molecule has 0 fully saturated rings. The highest BCUT2D eigenvalue weighted by atomic mass is 32.5. The second-order valence-corrected chi connectivity index (χ2v) is 6.02. The van der Waals surface area contributed by atoms with Crippen LogP contribution in [0.4, 0.5) is 0 Å². The van der Waals surface area contributed by atoms with Crippen molar-refractivity contribution in [3.05, 3.63) is 0 Å². The Morgan fingerprint density at radius 3 is 0.636 bits per heavy atom. The molecule has 6 N–H and O–H groups in total. The molecule has 0 aliphatic carbocycles. The van der Waals surface area contributed by atoms with Crippen molar-refractivity contribution in [2.24, 2.45) is 0 Å². The van der Waals surface area contributed by atoms with Crippen molar-refractivity contribution in [2.75, 3.05) is 0 Å². The highest BCUT2D eigenvalue weighted by molar-refractivity contribution is 8.06. The summed E-state index contributed by atoms with van der Waals surface area (Å²) in [5.74, 6) is 0. The first-order valence-corrected chi connectivity index (χ1v) is 6.89. The van der Waals surface area contributed by atoms with Gasteiger partial charge in [0.1, 0.15) is 0 Å². The monoisotopic (exact) mass is 262 g/mol. The lowest BCUT2D eigenvalue weighted by atomic mass is 15.8. The zero-order valence-electron chi connectivity index (χ0n) is 5.10. The fraction of sp³-hybridized carbons (Fsp3) is 0. The second kappa shape index (κ2) is 6.95. The minimum Gasteiger partial charge on any atom is -0.325 e. The van der Waals surface area contributed by atoms with E-state index >= 15 is 0 Å². The summed E-state index contributed by atoms with van der Waals surface area (Å²) in [7, 11) is 0. The van der Waals surface area contributed by atoms with E-state index in [1.54, 1.807) is 0 Å². The molecule has 0 aliphatic heterocycles. The molecule has 0 radical (unpaired) electrons. The molecule has 0 aliphatic rings. The van der Waals surface area contributed by atoms with E-state index < -0.39 is 13.4 Å². The van der Waals surface area contributed by atoms with Crippen LogP contribution >= 0.6 is 23.3 Å². The molecule has 72 valence electrons. The quantitative estimate of drug-likeness (QED) is 0.290. The molecule has 0 saturated carbocycles. The van der Waals surface area contributed by atoms with Crippen molar-refractivity contribution in [3.63, 3.8) is 0 Å². The standard InChI is InChI=1S/2H3O3PS.H3P/c2*1-4(2,3)5;/h2*(H3,1,2,3,5);1H3. The SMILES string of the molecule is OP(O)(O)=S.OP(O)(O)=S.P. The molecule has 0 aromatic carbocycles. The minimum absolute atomic E-state index is 0. The Labute approximate surface area is 76.7 Å². The third-order valence-electron chi connectivity index (χ3n) is 0. The minimum atomic E-state index is -3.81. The van der Waals surface area contributed by atoms with E-state index in [2.05, 4.69) is 23.6 Å². The second-order valence-electron chi connectivity index (χ2n) is 1.03. The summed E-state index contributed by atoms with van der Waals surface area (Å²) in [5, 5.41) is 0. The molecule has 11 heteroatoms. The zero-order valence-corrected chi connectivity index (χ0v) is 9.94. The summed E-state index contributed by atoms with van der Waals surface area (Å²) in [4.78, 5) is 45.3.